The molecule has 0 saturated carbocycles. The zero-order valence-corrected chi connectivity index (χ0v) is 7.19. The average molecular weight is 141 g/mol. The fourth-order valence-electron chi connectivity index (χ4n) is 1.03. The minimum atomic E-state index is 0.925. The van der Waals surface area contributed by atoms with Gasteiger partial charge in [-0.3, -0.25) is 0 Å². The summed E-state index contributed by atoms with van der Waals surface area (Å²) in [7, 11) is 0. The number of rotatable bonds is 0. The number of nitrogens with one attached hydrogen (secondary N) is 1. The molecule has 0 aromatic heterocycles. The minimum absolute atomic E-state index is 0.925. The van der Waals surface area contributed by atoms with Gasteiger partial charge in [0.15, 0.2) is 0 Å². The second-order valence-corrected chi connectivity index (χ2v) is 2.86. The maximum absolute atomic E-state index is 3.36. The Morgan fingerprint density at radius 1 is 1.60 bits per heavy atom. The zero-order chi connectivity index (χ0) is 7.82. The number of hydrogen-bond acceptors (Lipinski definition) is 1. The first-order chi connectivity index (χ1) is 4.81. The molecule has 1 heterocycles. The van der Waals surface area contributed by atoms with Crippen molar-refractivity contribution in [3.05, 3.63) is 12.7 Å². The van der Waals surface area contributed by atoms with Crippen LogP contribution in [-0.4, -0.2) is 13.1 Å². The molecule has 0 aromatic carbocycles. The van der Waals surface area contributed by atoms with Crippen molar-refractivity contribution >= 4 is 0 Å². The molecule has 0 amide bonds. The second-order valence-electron chi connectivity index (χ2n) is 2.86. The fraction of sp³-hybridized carbons (Fsp3) is 0.778. The third-order valence-corrected chi connectivity index (χ3v) is 1.54. The van der Waals surface area contributed by atoms with E-state index in [1.807, 2.05) is 6.92 Å². The number of allylic oxidation sites excluding steroid dienone is 1. The molecule has 0 bridgehead atoms. The lowest BCUT2D eigenvalue weighted by Gasteiger charge is -2.17. The van der Waals surface area contributed by atoms with Crippen LogP contribution >= 0.6 is 0 Å². The first-order valence-corrected chi connectivity index (χ1v) is 4.09. The van der Waals surface area contributed by atoms with Gasteiger partial charge in [-0.15, -0.1) is 6.58 Å². The largest absolute Gasteiger partial charge is 0.316 e. The molecule has 1 aliphatic rings. The lowest BCUT2D eigenvalue weighted by atomic mass is 10.0. The predicted molar refractivity (Wildman–Crippen MR) is 47.1 cm³/mol. The van der Waals surface area contributed by atoms with Crippen LogP contribution in [0, 0.1) is 5.92 Å². The van der Waals surface area contributed by atoms with E-state index in [9.17, 15) is 0 Å². The zero-order valence-electron chi connectivity index (χ0n) is 7.19. The molecule has 1 rings (SSSR count). The van der Waals surface area contributed by atoms with Crippen molar-refractivity contribution in [1.82, 2.24) is 5.32 Å². The Balaban J connectivity index is 0.000000236. The fourth-order valence-corrected chi connectivity index (χ4v) is 1.03. The maximum atomic E-state index is 3.36. The monoisotopic (exact) mass is 141 g/mol. The molecule has 1 N–H and O–H groups in total. The Morgan fingerprint density at radius 2 is 2.20 bits per heavy atom. The van der Waals surface area contributed by atoms with Gasteiger partial charge in [-0.2, -0.15) is 0 Å². The van der Waals surface area contributed by atoms with Gasteiger partial charge in [0.2, 0.25) is 0 Å². The van der Waals surface area contributed by atoms with Crippen molar-refractivity contribution in [3.8, 4) is 0 Å². The van der Waals surface area contributed by atoms with Crippen LogP contribution in [0.3, 0.4) is 0 Å². The van der Waals surface area contributed by atoms with E-state index in [0.717, 1.165) is 5.92 Å². The smallest absolute Gasteiger partial charge is 0.00231 e. The van der Waals surface area contributed by atoms with Crippen molar-refractivity contribution in [3.63, 3.8) is 0 Å². The first kappa shape index (κ1) is 9.70. The Labute approximate surface area is 64.5 Å². The molecule has 60 valence electrons. The maximum Gasteiger partial charge on any atom is -0.00231 e. The second kappa shape index (κ2) is 6.81. The van der Waals surface area contributed by atoms with E-state index in [2.05, 4.69) is 18.8 Å². The summed E-state index contributed by atoms with van der Waals surface area (Å²) in [5.74, 6) is 0.925. The topological polar surface area (TPSA) is 12.0 Å². The predicted octanol–water partition coefficient (Wildman–Crippen LogP) is 2.20. The summed E-state index contributed by atoms with van der Waals surface area (Å²) in [6, 6.07) is 0. The lowest BCUT2D eigenvalue weighted by molar-refractivity contribution is 0.405. The van der Waals surface area contributed by atoms with E-state index in [1.54, 1.807) is 6.08 Å². The van der Waals surface area contributed by atoms with Crippen molar-refractivity contribution in [2.24, 2.45) is 5.92 Å². The molecule has 1 aliphatic heterocycles. The normalized spacial score (nSPS) is 24.4. The summed E-state index contributed by atoms with van der Waals surface area (Å²) in [4.78, 5) is 0. The summed E-state index contributed by atoms with van der Waals surface area (Å²) in [6.45, 7) is 10.0. The van der Waals surface area contributed by atoms with Gasteiger partial charge in [-0.05, 0) is 38.8 Å². The lowest BCUT2D eigenvalue weighted by Crippen LogP contribution is -2.27. The van der Waals surface area contributed by atoms with Crippen LogP contribution in [0.25, 0.3) is 0 Å². The van der Waals surface area contributed by atoms with Crippen LogP contribution < -0.4 is 5.32 Å². The van der Waals surface area contributed by atoms with Crippen LogP contribution in [0.15, 0.2) is 12.7 Å². The Morgan fingerprint density at radius 3 is 2.40 bits per heavy atom. The highest BCUT2D eigenvalue weighted by atomic mass is 14.9. The van der Waals surface area contributed by atoms with E-state index < -0.39 is 0 Å². The molecule has 10 heavy (non-hydrogen) atoms. The average Bonchev–Trinajstić information content (AvgIpc) is 1.91. The van der Waals surface area contributed by atoms with E-state index in [1.165, 1.54) is 25.9 Å². The van der Waals surface area contributed by atoms with Gasteiger partial charge in [0.25, 0.3) is 0 Å². The van der Waals surface area contributed by atoms with Crippen LogP contribution in [0.2, 0.25) is 0 Å². The van der Waals surface area contributed by atoms with Crippen LogP contribution in [0.4, 0.5) is 0 Å². The van der Waals surface area contributed by atoms with Gasteiger partial charge in [0.05, 0.1) is 0 Å². The number of hydrogen-bond donors (Lipinski definition) is 1. The van der Waals surface area contributed by atoms with Crippen LogP contribution in [-0.2, 0) is 0 Å². The first-order valence-electron chi connectivity index (χ1n) is 4.09. The van der Waals surface area contributed by atoms with E-state index in [4.69, 9.17) is 0 Å². The molecule has 1 atom stereocenters. The molecule has 1 nitrogen and oxygen atoms in total. The SMILES string of the molecule is C=CC.C[C@@H]1CCCNC1. The molecule has 0 unspecified atom stereocenters. The minimum Gasteiger partial charge on any atom is -0.316 e. The summed E-state index contributed by atoms with van der Waals surface area (Å²) in [5, 5.41) is 3.33. The molecular weight excluding hydrogens is 122 g/mol. The molecule has 1 heteroatoms. The quantitative estimate of drug-likeness (QED) is 0.510. The van der Waals surface area contributed by atoms with Gasteiger partial charge < -0.3 is 5.32 Å². The van der Waals surface area contributed by atoms with Gasteiger partial charge in [-0.25, -0.2) is 0 Å². The molecule has 0 spiro atoms. The molecule has 1 saturated heterocycles. The van der Waals surface area contributed by atoms with Crippen LogP contribution in [0.5, 0.6) is 0 Å². The Bertz CT molecular complexity index is 72.8. The van der Waals surface area contributed by atoms with Crippen molar-refractivity contribution < 1.29 is 0 Å². The van der Waals surface area contributed by atoms with Gasteiger partial charge in [0.1, 0.15) is 0 Å². The third-order valence-electron chi connectivity index (χ3n) is 1.54. The number of piperidine rings is 1. The van der Waals surface area contributed by atoms with Crippen molar-refractivity contribution in [2.45, 2.75) is 26.7 Å². The summed E-state index contributed by atoms with van der Waals surface area (Å²) in [5.41, 5.74) is 0. The Kier molecular flexibility index (Phi) is 6.61. The Hall–Kier alpha value is -0.300. The highest BCUT2D eigenvalue weighted by Crippen LogP contribution is 2.06. The molecular formula is C9H19N. The molecule has 0 aliphatic carbocycles. The summed E-state index contributed by atoms with van der Waals surface area (Å²) >= 11 is 0. The van der Waals surface area contributed by atoms with E-state index in [0.29, 0.717) is 0 Å². The standard InChI is InChI=1S/C6H13N.C3H6/c1-6-3-2-4-7-5-6;1-3-2/h6-7H,2-5H2,1H3;3H,1H2,2H3/t6-;/m1./s1. The van der Waals surface area contributed by atoms with Gasteiger partial charge >= 0.3 is 0 Å². The van der Waals surface area contributed by atoms with Gasteiger partial charge in [0, 0.05) is 0 Å². The third kappa shape index (κ3) is 5.83. The highest BCUT2D eigenvalue weighted by Gasteiger charge is 2.04. The molecule has 1 fully saturated rings. The summed E-state index contributed by atoms with van der Waals surface area (Å²) < 4.78 is 0. The van der Waals surface area contributed by atoms with Crippen molar-refractivity contribution in [1.29, 1.82) is 0 Å². The van der Waals surface area contributed by atoms with E-state index >= 15 is 0 Å². The van der Waals surface area contributed by atoms with Gasteiger partial charge in [-0.1, -0.05) is 13.0 Å². The van der Waals surface area contributed by atoms with Crippen LogP contribution in [0.1, 0.15) is 26.7 Å². The van der Waals surface area contributed by atoms with Crippen molar-refractivity contribution in [2.75, 3.05) is 13.1 Å². The van der Waals surface area contributed by atoms with E-state index in [-0.39, 0.29) is 0 Å². The highest BCUT2D eigenvalue weighted by molar-refractivity contribution is 4.63. The molecule has 0 radical (unpaired) electrons. The summed E-state index contributed by atoms with van der Waals surface area (Å²) in [6.07, 6.45) is 4.55. The molecule has 0 aromatic rings.